The summed E-state index contributed by atoms with van der Waals surface area (Å²) in [4.78, 5) is 8.85. The molecule has 0 bridgehead atoms. The highest BCUT2D eigenvalue weighted by Gasteiger charge is 2.26. The van der Waals surface area contributed by atoms with Crippen molar-refractivity contribution in [1.82, 2.24) is 15.5 Å². The Labute approximate surface area is 81.3 Å². The van der Waals surface area contributed by atoms with E-state index in [0.29, 0.717) is 18.3 Å². The van der Waals surface area contributed by atoms with E-state index < -0.39 is 0 Å². The minimum absolute atomic E-state index is 0.0742. The fraction of sp³-hybridized carbons (Fsp3) is 0.625. The lowest BCUT2D eigenvalue weighted by Crippen LogP contribution is -2.14. The molecule has 1 aliphatic heterocycles. The molecular weight excluding hydrogens is 184 g/mol. The number of oxime groups is 1. The van der Waals surface area contributed by atoms with Crippen LogP contribution in [0.25, 0.3) is 0 Å². The minimum Gasteiger partial charge on any atom is -0.399 e. The summed E-state index contributed by atoms with van der Waals surface area (Å²) in [6.45, 7) is 2.51. The fourth-order valence-electron chi connectivity index (χ4n) is 1.45. The predicted molar refractivity (Wildman–Crippen MR) is 48.8 cm³/mol. The van der Waals surface area contributed by atoms with Gasteiger partial charge < -0.3 is 14.7 Å². The van der Waals surface area contributed by atoms with Crippen molar-refractivity contribution in [3.8, 4) is 0 Å². The monoisotopic (exact) mass is 196 g/mol. The maximum Gasteiger partial charge on any atom is 0.244 e. The van der Waals surface area contributed by atoms with Crippen molar-refractivity contribution in [1.29, 1.82) is 0 Å². The SMILES string of the molecule is CO/N=C1/CN[C@H](c2nc(C)no2)C1. The van der Waals surface area contributed by atoms with Crippen molar-refractivity contribution in [3.63, 3.8) is 0 Å². The number of aromatic nitrogens is 2. The number of nitrogens with zero attached hydrogens (tertiary/aromatic N) is 3. The van der Waals surface area contributed by atoms with E-state index in [0.717, 1.165) is 12.1 Å². The fourth-order valence-corrected chi connectivity index (χ4v) is 1.45. The number of nitrogens with one attached hydrogen (secondary N) is 1. The van der Waals surface area contributed by atoms with Gasteiger partial charge in [-0.3, -0.25) is 0 Å². The predicted octanol–water partition coefficient (Wildman–Crippen LogP) is 0.415. The molecule has 0 spiro atoms. The summed E-state index contributed by atoms with van der Waals surface area (Å²) in [7, 11) is 1.54. The topological polar surface area (TPSA) is 72.5 Å². The Morgan fingerprint density at radius 2 is 2.50 bits per heavy atom. The smallest absolute Gasteiger partial charge is 0.244 e. The highest BCUT2D eigenvalue weighted by molar-refractivity contribution is 5.88. The molecule has 14 heavy (non-hydrogen) atoms. The van der Waals surface area contributed by atoms with E-state index in [1.807, 2.05) is 0 Å². The summed E-state index contributed by atoms with van der Waals surface area (Å²) in [5, 5.41) is 10.8. The highest BCUT2D eigenvalue weighted by Crippen LogP contribution is 2.19. The number of aryl methyl sites for hydroxylation is 1. The zero-order valence-electron chi connectivity index (χ0n) is 8.15. The second kappa shape index (κ2) is 3.75. The van der Waals surface area contributed by atoms with Crippen LogP contribution in [0, 0.1) is 6.92 Å². The second-order valence-electron chi connectivity index (χ2n) is 3.16. The van der Waals surface area contributed by atoms with Gasteiger partial charge in [-0.1, -0.05) is 10.3 Å². The third-order valence-corrected chi connectivity index (χ3v) is 2.05. The Morgan fingerprint density at radius 1 is 1.64 bits per heavy atom. The van der Waals surface area contributed by atoms with Gasteiger partial charge in [0.2, 0.25) is 5.89 Å². The molecule has 0 radical (unpaired) electrons. The van der Waals surface area contributed by atoms with Crippen molar-refractivity contribution in [2.75, 3.05) is 13.7 Å². The summed E-state index contributed by atoms with van der Waals surface area (Å²) in [5.74, 6) is 1.27. The molecular formula is C8H12N4O2. The molecule has 0 aliphatic carbocycles. The first-order valence-electron chi connectivity index (χ1n) is 4.42. The lowest BCUT2D eigenvalue weighted by molar-refractivity contribution is 0.212. The molecule has 0 amide bonds. The van der Waals surface area contributed by atoms with Gasteiger partial charge in [-0.2, -0.15) is 4.98 Å². The molecule has 1 aromatic rings. The van der Waals surface area contributed by atoms with Crippen LogP contribution in [-0.2, 0) is 4.84 Å². The minimum atomic E-state index is 0.0742. The Balaban J connectivity index is 2.05. The van der Waals surface area contributed by atoms with Gasteiger partial charge in [-0.25, -0.2) is 0 Å². The Morgan fingerprint density at radius 3 is 3.14 bits per heavy atom. The molecule has 1 aromatic heterocycles. The van der Waals surface area contributed by atoms with E-state index in [1.54, 1.807) is 6.92 Å². The summed E-state index contributed by atoms with van der Waals surface area (Å²) in [5.41, 5.74) is 0.966. The lowest BCUT2D eigenvalue weighted by Gasteiger charge is -2.00. The van der Waals surface area contributed by atoms with Gasteiger partial charge in [-0.15, -0.1) is 0 Å². The largest absolute Gasteiger partial charge is 0.399 e. The molecule has 1 fully saturated rings. The molecule has 1 N–H and O–H groups in total. The van der Waals surface area contributed by atoms with Crippen LogP contribution in [0.5, 0.6) is 0 Å². The third kappa shape index (κ3) is 1.74. The molecule has 0 aromatic carbocycles. The molecule has 1 atom stereocenters. The standard InChI is InChI=1S/C8H12N4O2/c1-5-10-8(14-11-5)7-3-6(4-9-7)12-13-2/h7,9H,3-4H2,1-2H3/b12-6+/t7-/m0/s1. The molecule has 0 unspecified atom stereocenters. The van der Waals surface area contributed by atoms with Crippen LogP contribution in [0.2, 0.25) is 0 Å². The zero-order chi connectivity index (χ0) is 9.97. The maximum atomic E-state index is 5.06. The molecule has 1 saturated heterocycles. The first-order valence-corrected chi connectivity index (χ1v) is 4.42. The molecule has 76 valence electrons. The van der Waals surface area contributed by atoms with Crippen LogP contribution in [-0.4, -0.2) is 29.5 Å². The van der Waals surface area contributed by atoms with Crippen molar-refractivity contribution >= 4 is 5.71 Å². The maximum absolute atomic E-state index is 5.06. The van der Waals surface area contributed by atoms with E-state index in [9.17, 15) is 0 Å². The first kappa shape index (κ1) is 9.14. The summed E-state index contributed by atoms with van der Waals surface area (Å²) >= 11 is 0. The van der Waals surface area contributed by atoms with Crippen LogP contribution in [0.3, 0.4) is 0 Å². The Hall–Kier alpha value is -1.43. The van der Waals surface area contributed by atoms with Crippen LogP contribution < -0.4 is 5.32 Å². The highest BCUT2D eigenvalue weighted by atomic mass is 16.6. The number of hydrogen-bond donors (Lipinski definition) is 1. The molecule has 0 saturated carbocycles. The summed E-state index contributed by atoms with van der Waals surface area (Å²) in [6.07, 6.45) is 0.759. The van der Waals surface area contributed by atoms with Crippen molar-refractivity contribution in [2.24, 2.45) is 5.16 Å². The average Bonchev–Trinajstić information content (AvgIpc) is 2.74. The molecule has 2 heterocycles. The molecule has 6 nitrogen and oxygen atoms in total. The van der Waals surface area contributed by atoms with Crippen LogP contribution in [0.1, 0.15) is 24.2 Å². The van der Waals surface area contributed by atoms with E-state index in [-0.39, 0.29) is 6.04 Å². The van der Waals surface area contributed by atoms with Crippen LogP contribution in [0.15, 0.2) is 9.68 Å². The Kier molecular flexibility index (Phi) is 2.45. The molecule has 1 aliphatic rings. The third-order valence-electron chi connectivity index (χ3n) is 2.05. The first-order chi connectivity index (χ1) is 6.79. The van der Waals surface area contributed by atoms with Crippen LogP contribution >= 0.6 is 0 Å². The second-order valence-corrected chi connectivity index (χ2v) is 3.16. The van der Waals surface area contributed by atoms with Gasteiger partial charge in [-0.05, 0) is 6.92 Å². The zero-order valence-corrected chi connectivity index (χ0v) is 8.15. The summed E-state index contributed by atoms with van der Waals surface area (Å²) in [6, 6.07) is 0.0742. The van der Waals surface area contributed by atoms with Gasteiger partial charge in [0.15, 0.2) is 5.82 Å². The summed E-state index contributed by atoms with van der Waals surface area (Å²) < 4.78 is 5.06. The van der Waals surface area contributed by atoms with Gasteiger partial charge in [0.1, 0.15) is 7.11 Å². The average molecular weight is 196 g/mol. The normalized spacial score (nSPS) is 24.4. The van der Waals surface area contributed by atoms with E-state index in [1.165, 1.54) is 7.11 Å². The van der Waals surface area contributed by atoms with E-state index in [2.05, 4.69) is 20.6 Å². The lowest BCUT2D eigenvalue weighted by atomic mass is 10.2. The van der Waals surface area contributed by atoms with Crippen molar-refractivity contribution in [2.45, 2.75) is 19.4 Å². The van der Waals surface area contributed by atoms with Crippen molar-refractivity contribution in [3.05, 3.63) is 11.7 Å². The van der Waals surface area contributed by atoms with Gasteiger partial charge in [0, 0.05) is 13.0 Å². The van der Waals surface area contributed by atoms with Crippen molar-refractivity contribution < 1.29 is 9.36 Å². The van der Waals surface area contributed by atoms with Gasteiger partial charge >= 0.3 is 0 Å². The Bertz CT molecular complexity index is 347. The molecule has 6 heteroatoms. The van der Waals surface area contributed by atoms with Gasteiger partial charge in [0.05, 0.1) is 11.8 Å². The molecule has 2 rings (SSSR count). The van der Waals surface area contributed by atoms with E-state index >= 15 is 0 Å². The number of rotatable bonds is 2. The number of hydrogen-bond acceptors (Lipinski definition) is 6. The van der Waals surface area contributed by atoms with Gasteiger partial charge in [0.25, 0.3) is 0 Å². The quantitative estimate of drug-likeness (QED) is 0.694. The van der Waals surface area contributed by atoms with E-state index in [4.69, 9.17) is 9.36 Å². The van der Waals surface area contributed by atoms with Crippen LogP contribution in [0.4, 0.5) is 0 Å².